The Morgan fingerprint density at radius 1 is 0.866 bits per heavy atom. The molecule has 0 aliphatic carbocycles. The third-order valence-corrected chi connectivity index (χ3v) is 14.1. The van der Waals surface area contributed by atoms with Gasteiger partial charge in [-0.3, -0.25) is 29.4 Å². The van der Waals surface area contributed by atoms with Gasteiger partial charge in [-0.05, 0) is 99.4 Å². The van der Waals surface area contributed by atoms with Crippen molar-refractivity contribution >= 4 is 34.7 Å². The summed E-state index contributed by atoms with van der Waals surface area (Å²) in [5.74, 6) is 0.547. The highest BCUT2D eigenvalue weighted by Crippen LogP contribution is 2.35. The summed E-state index contributed by atoms with van der Waals surface area (Å²) in [6.45, 7) is 17.6. The summed E-state index contributed by atoms with van der Waals surface area (Å²) in [5, 5.41) is 19.2. The Morgan fingerprint density at radius 3 is 2.37 bits per heavy atom. The van der Waals surface area contributed by atoms with Gasteiger partial charge in [0.15, 0.2) is 5.82 Å². The standard InChI is InChI=1S/C50H61N13O4/c1-32(2)60-24-17-41(54-46(65)47-56-48(57-67-47)50(3,4)5)40-11-6-34(26-35(40)29-60)45-43-12-19-51-63(43)31-42(53-45)36-27-52-62(30-36)39-15-20-58(21-16-39)28-33-13-22-59(23-14-33)37-7-9-38(10-8-37)61-25-18-44(64)55-49(61)66/h6-12,19,26-27,30-33,39,41H,13-18,20-25,28-29H2,1-5H3,(H,54,65)(H,55,64,66)/t41-/m1/s1. The van der Waals surface area contributed by atoms with Crippen molar-refractivity contribution in [1.29, 1.82) is 0 Å². The molecule has 0 radical (unpaired) electrons. The number of carbonyl (C=O) groups excluding carboxylic acids is 3. The van der Waals surface area contributed by atoms with Crippen molar-refractivity contribution in [3.8, 4) is 22.5 Å². The highest BCUT2D eigenvalue weighted by atomic mass is 16.5. The zero-order valence-electron chi connectivity index (χ0n) is 39.2. The maximum absolute atomic E-state index is 13.5. The molecule has 1 atom stereocenters. The lowest BCUT2D eigenvalue weighted by Crippen LogP contribution is -2.49. The molecule has 0 unspecified atom stereocenters. The largest absolute Gasteiger partial charge is 0.372 e. The average Bonchev–Trinajstić information content (AvgIpc) is 4.11. The number of benzene rings is 2. The fraction of sp³-hybridized carbons (Fsp3) is 0.480. The summed E-state index contributed by atoms with van der Waals surface area (Å²) in [5.41, 5.74) is 8.36. The van der Waals surface area contributed by atoms with Crippen LogP contribution in [-0.4, -0.2) is 114 Å². The molecule has 17 heteroatoms. The van der Waals surface area contributed by atoms with Crippen LogP contribution in [0.15, 0.2) is 77.8 Å². The van der Waals surface area contributed by atoms with E-state index in [1.165, 1.54) is 5.69 Å². The average molecular weight is 908 g/mol. The first-order chi connectivity index (χ1) is 32.3. The number of rotatable bonds is 10. The van der Waals surface area contributed by atoms with Crippen molar-refractivity contribution in [2.45, 2.75) is 103 Å². The minimum absolute atomic E-state index is 0.0238. The Bertz CT molecular complexity index is 2750. The molecule has 2 aromatic carbocycles. The van der Waals surface area contributed by atoms with E-state index in [0.29, 0.717) is 36.8 Å². The van der Waals surface area contributed by atoms with Crippen molar-refractivity contribution in [2.75, 3.05) is 55.6 Å². The minimum Gasteiger partial charge on any atom is -0.372 e. The number of urea groups is 1. The van der Waals surface area contributed by atoms with Crippen molar-refractivity contribution in [2.24, 2.45) is 5.92 Å². The lowest BCUT2D eigenvalue weighted by molar-refractivity contribution is -0.120. The number of anilines is 2. The minimum atomic E-state index is -0.371. The zero-order valence-corrected chi connectivity index (χ0v) is 39.2. The molecule has 2 N–H and O–H groups in total. The first kappa shape index (κ1) is 44.4. The molecule has 4 aliphatic heterocycles. The number of carbonyl (C=O) groups is 3. The monoisotopic (exact) mass is 907 g/mol. The number of likely N-dealkylation sites (tertiary alicyclic amines) is 1. The number of nitrogens with zero attached hydrogens (tertiary/aromatic N) is 11. The molecule has 67 heavy (non-hydrogen) atoms. The molecule has 6 aromatic rings. The Kier molecular flexibility index (Phi) is 12.1. The van der Waals surface area contributed by atoms with Crippen molar-refractivity contribution in [3.05, 3.63) is 96.2 Å². The van der Waals surface area contributed by atoms with Gasteiger partial charge >= 0.3 is 17.8 Å². The highest BCUT2D eigenvalue weighted by molar-refractivity contribution is 6.05. The van der Waals surface area contributed by atoms with Crippen LogP contribution < -0.4 is 20.4 Å². The number of imide groups is 1. The lowest BCUT2D eigenvalue weighted by Gasteiger charge is -2.38. The number of hydrogen-bond acceptors (Lipinski definition) is 12. The summed E-state index contributed by atoms with van der Waals surface area (Å²) >= 11 is 0. The summed E-state index contributed by atoms with van der Waals surface area (Å²) in [4.78, 5) is 56.2. The van der Waals surface area contributed by atoms with Gasteiger partial charge in [-0.25, -0.2) is 14.3 Å². The molecule has 4 amide bonds. The number of aromatic nitrogens is 7. The van der Waals surface area contributed by atoms with Crippen molar-refractivity contribution in [1.82, 2.24) is 55.0 Å². The normalized spacial score (nSPS) is 19.5. The smallest absolute Gasteiger partial charge is 0.328 e. The first-order valence-corrected chi connectivity index (χ1v) is 23.9. The number of hydrogen-bond donors (Lipinski definition) is 2. The topological polar surface area (TPSA) is 175 Å². The quantitative estimate of drug-likeness (QED) is 0.144. The van der Waals surface area contributed by atoms with Crippen molar-refractivity contribution < 1.29 is 18.9 Å². The van der Waals surface area contributed by atoms with Crippen LogP contribution in [-0.2, 0) is 16.8 Å². The predicted octanol–water partition coefficient (Wildman–Crippen LogP) is 7.03. The number of amides is 4. The second-order valence-electron chi connectivity index (χ2n) is 20.0. The fourth-order valence-electron chi connectivity index (χ4n) is 10.1. The number of nitrogens with one attached hydrogen (secondary N) is 2. The molecule has 0 saturated carbocycles. The van der Waals surface area contributed by atoms with Gasteiger partial charge in [-0.2, -0.15) is 15.2 Å². The summed E-state index contributed by atoms with van der Waals surface area (Å²) in [7, 11) is 0. The Hall–Kier alpha value is -6.46. The summed E-state index contributed by atoms with van der Waals surface area (Å²) in [6, 6.07) is 16.7. The lowest BCUT2D eigenvalue weighted by atomic mass is 9.94. The van der Waals surface area contributed by atoms with Gasteiger partial charge in [-0.15, -0.1) is 0 Å². The van der Waals surface area contributed by atoms with E-state index in [0.717, 1.165) is 123 Å². The molecule has 4 aromatic heterocycles. The maximum Gasteiger partial charge on any atom is 0.328 e. The van der Waals surface area contributed by atoms with Crippen LogP contribution in [0.1, 0.15) is 113 Å². The van der Waals surface area contributed by atoms with Crippen LogP contribution in [0.3, 0.4) is 0 Å². The Morgan fingerprint density at radius 2 is 1.64 bits per heavy atom. The SMILES string of the molecule is CC(C)N1CC[C@@H](NC(=O)c2nc(C(C)(C)C)no2)c2ccc(-c3nc(-c4cnn(C5CCN(CC6CCN(c7ccc(N8CCC(=O)NC8=O)cc7)CC6)CC5)c4)cn4nccc34)cc2C1. The third kappa shape index (κ3) is 9.44. The van der Waals surface area contributed by atoms with E-state index in [2.05, 4.69) is 95.6 Å². The molecule has 0 bridgehead atoms. The molecule has 8 heterocycles. The van der Waals surface area contributed by atoms with E-state index < -0.39 is 0 Å². The zero-order chi connectivity index (χ0) is 46.4. The highest BCUT2D eigenvalue weighted by Gasteiger charge is 2.31. The molecule has 3 saturated heterocycles. The van der Waals surface area contributed by atoms with Gasteiger partial charge in [0.2, 0.25) is 5.91 Å². The van der Waals surface area contributed by atoms with E-state index in [1.54, 1.807) is 4.90 Å². The second-order valence-corrected chi connectivity index (χ2v) is 20.0. The molecule has 17 nitrogen and oxygen atoms in total. The van der Waals surface area contributed by atoms with Gasteiger partial charge in [0, 0.05) is 98.9 Å². The van der Waals surface area contributed by atoms with Gasteiger partial charge in [0.25, 0.3) is 0 Å². The fourth-order valence-corrected chi connectivity index (χ4v) is 10.1. The number of fused-ring (bicyclic) bond motifs is 2. The van der Waals surface area contributed by atoms with Gasteiger partial charge in [0.05, 0.1) is 47.6 Å². The molecular formula is C50H61N13O4. The van der Waals surface area contributed by atoms with E-state index in [4.69, 9.17) is 14.6 Å². The molecule has 4 aliphatic rings. The van der Waals surface area contributed by atoms with Gasteiger partial charge in [0.1, 0.15) is 0 Å². The van der Waals surface area contributed by atoms with Crippen LogP contribution in [0.25, 0.3) is 28.0 Å². The van der Waals surface area contributed by atoms with Crippen LogP contribution >= 0.6 is 0 Å². The summed E-state index contributed by atoms with van der Waals surface area (Å²) in [6.07, 6.45) is 13.3. The van der Waals surface area contributed by atoms with Crippen LogP contribution in [0.4, 0.5) is 16.2 Å². The third-order valence-electron chi connectivity index (χ3n) is 14.1. The molecule has 350 valence electrons. The van der Waals surface area contributed by atoms with Crippen LogP contribution in [0.5, 0.6) is 0 Å². The maximum atomic E-state index is 13.5. The van der Waals surface area contributed by atoms with E-state index in [-0.39, 0.29) is 35.2 Å². The molecule has 0 spiro atoms. The first-order valence-electron chi connectivity index (χ1n) is 23.9. The van der Waals surface area contributed by atoms with Crippen LogP contribution in [0.2, 0.25) is 0 Å². The van der Waals surface area contributed by atoms with Crippen molar-refractivity contribution in [3.63, 3.8) is 0 Å². The predicted molar refractivity (Wildman–Crippen MR) is 255 cm³/mol. The number of piperidine rings is 2. The molecular weight excluding hydrogens is 847 g/mol. The van der Waals surface area contributed by atoms with Gasteiger partial charge < -0.3 is 19.6 Å². The van der Waals surface area contributed by atoms with E-state index in [9.17, 15) is 14.4 Å². The molecule has 10 rings (SSSR count). The van der Waals surface area contributed by atoms with E-state index in [1.807, 2.05) is 62.1 Å². The van der Waals surface area contributed by atoms with Gasteiger partial charge in [-0.1, -0.05) is 38.1 Å². The summed E-state index contributed by atoms with van der Waals surface area (Å²) < 4.78 is 9.45. The van der Waals surface area contributed by atoms with Crippen LogP contribution in [0, 0.1) is 5.92 Å². The Balaban J connectivity index is 0.780. The van der Waals surface area contributed by atoms with E-state index >= 15 is 0 Å². The second kappa shape index (κ2) is 18.3. The molecule has 3 fully saturated rings. The Labute approximate surface area is 390 Å².